The van der Waals surface area contributed by atoms with E-state index in [0.717, 1.165) is 24.7 Å². The fraction of sp³-hybridized carbons (Fsp3) is 0.267. The second-order valence-corrected chi connectivity index (χ2v) is 8.91. The Morgan fingerprint density at radius 2 is 2.15 bits per heavy atom. The highest BCUT2D eigenvalue weighted by atomic mass is 32.2. The van der Waals surface area contributed by atoms with Crippen LogP contribution in [-0.4, -0.2) is 47.9 Å². The Bertz CT molecular complexity index is 1030. The van der Waals surface area contributed by atoms with Crippen LogP contribution in [0.2, 0.25) is 0 Å². The molecule has 0 atom stereocenters. The maximum atomic E-state index is 12.7. The van der Waals surface area contributed by atoms with Crippen LogP contribution in [0.5, 0.6) is 0 Å². The Hall–Kier alpha value is -2.08. The maximum absolute atomic E-state index is 12.7. The van der Waals surface area contributed by atoms with Crippen molar-refractivity contribution in [3.05, 3.63) is 40.6 Å². The zero-order valence-electron chi connectivity index (χ0n) is 13.6. The summed E-state index contributed by atoms with van der Waals surface area (Å²) in [6, 6.07) is 9.06. The Morgan fingerprint density at radius 3 is 2.92 bits per heavy atom. The van der Waals surface area contributed by atoms with Gasteiger partial charge in [0.05, 0.1) is 25.1 Å². The van der Waals surface area contributed by atoms with Crippen LogP contribution in [0.25, 0.3) is 11.0 Å². The normalized spacial score (nSPS) is 15.6. The van der Waals surface area contributed by atoms with Gasteiger partial charge in [-0.05, 0) is 30.0 Å². The van der Waals surface area contributed by atoms with Gasteiger partial charge in [0, 0.05) is 11.4 Å². The van der Waals surface area contributed by atoms with Crippen LogP contribution in [0.1, 0.15) is 4.88 Å². The highest BCUT2D eigenvalue weighted by Crippen LogP contribution is 2.20. The topological polar surface area (TPSA) is 99.6 Å². The minimum Gasteiger partial charge on any atom is -0.343 e. The first-order valence-corrected chi connectivity index (χ1v) is 11.0. The molecule has 0 saturated heterocycles. The van der Waals surface area contributed by atoms with Crippen molar-refractivity contribution >= 4 is 50.1 Å². The van der Waals surface area contributed by atoms with E-state index < -0.39 is 10.0 Å². The molecule has 0 amide bonds. The lowest BCUT2D eigenvalue weighted by molar-refractivity contribution is 0.267. The fourth-order valence-corrected chi connectivity index (χ4v) is 5.05. The van der Waals surface area contributed by atoms with Gasteiger partial charge in [-0.2, -0.15) is 8.75 Å². The number of benzene rings is 1. The first-order chi connectivity index (χ1) is 12.6. The van der Waals surface area contributed by atoms with E-state index in [1.807, 2.05) is 6.07 Å². The van der Waals surface area contributed by atoms with E-state index in [-0.39, 0.29) is 10.9 Å². The van der Waals surface area contributed by atoms with Gasteiger partial charge in [-0.1, -0.05) is 12.1 Å². The van der Waals surface area contributed by atoms with Crippen LogP contribution >= 0.6 is 23.1 Å². The molecule has 0 fully saturated rings. The Labute approximate surface area is 159 Å². The number of aromatic nitrogens is 2. The van der Waals surface area contributed by atoms with Gasteiger partial charge in [0.1, 0.15) is 15.9 Å². The lowest BCUT2D eigenvalue weighted by Crippen LogP contribution is -2.50. The molecule has 8 nitrogen and oxygen atoms in total. The molecule has 2 aromatic heterocycles. The molecule has 136 valence electrons. The number of fused-ring (bicyclic) bond motifs is 1. The van der Waals surface area contributed by atoms with E-state index in [9.17, 15) is 8.42 Å². The van der Waals surface area contributed by atoms with Crippen LogP contribution in [0.3, 0.4) is 0 Å². The summed E-state index contributed by atoms with van der Waals surface area (Å²) in [5.41, 5.74) is 0.940. The van der Waals surface area contributed by atoms with Gasteiger partial charge >= 0.3 is 0 Å². The second kappa shape index (κ2) is 7.27. The zero-order valence-corrected chi connectivity index (χ0v) is 16.1. The molecule has 4 rings (SSSR count). The van der Waals surface area contributed by atoms with Gasteiger partial charge in [-0.3, -0.25) is 4.90 Å². The van der Waals surface area contributed by atoms with Crippen LogP contribution in [0.4, 0.5) is 0 Å². The second-order valence-electron chi connectivity index (χ2n) is 5.70. The number of rotatable bonds is 5. The number of nitrogens with zero attached hydrogens (tertiary/aromatic N) is 4. The summed E-state index contributed by atoms with van der Waals surface area (Å²) in [6.07, 6.45) is 0.953. The average Bonchev–Trinajstić information content (AvgIpc) is 3.32. The predicted octanol–water partition coefficient (Wildman–Crippen LogP) is 1.45. The summed E-state index contributed by atoms with van der Waals surface area (Å²) in [5.74, 6) is 0.248. The Balaban J connectivity index is 1.42. The standard InChI is InChI=1S/C15H16N6O2S3/c22-26(23,13-5-1-4-12-14(13)19-25-18-12)20-15-16-9-21(10-17-15)7-6-11-3-2-8-24-11/h1-5,8H,6-7,9-10H2,(H2,16,17,20). The lowest BCUT2D eigenvalue weighted by Gasteiger charge is -2.26. The molecular formula is C15H16N6O2S3. The highest BCUT2D eigenvalue weighted by molar-refractivity contribution is 7.90. The van der Waals surface area contributed by atoms with Crippen molar-refractivity contribution in [1.82, 2.24) is 23.7 Å². The van der Waals surface area contributed by atoms with Crippen LogP contribution < -0.4 is 10.0 Å². The van der Waals surface area contributed by atoms with Crippen LogP contribution in [0, 0.1) is 0 Å². The van der Waals surface area contributed by atoms with Crippen molar-refractivity contribution in [2.24, 2.45) is 4.99 Å². The van der Waals surface area contributed by atoms with Crippen molar-refractivity contribution in [3.8, 4) is 0 Å². The number of sulfonamides is 1. The third kappa shape index (κ3) is 3.70. The van der Waals surface area contributed by atoms with Gasteiger partial charge in [-0.15, -0.1) is 11.3 Å². The van der Waals surface area contributed by atoms with E-state index in [1.165, 1.54) is 10.9 Å². The van der Waals surface area contributed by atoms with Gasteiger partial charge in [0.15, 0.2) is 0 Å². The van der Waals surface area contributed by atoms with E-state index in [0.29, 0.717) is 24.4 Å². The van der Waals surface area contributed by atoms with Crippen molar-refractivity contribution in [2.75, 3.05) is 19.9 Å². The molecule has 0 unspecified atom stereocenters. The quantitative estimate of drug-likeness (QED) is 0.663. The minimum atomic E-state index is -3.78. The molecule has 0 spiro atoms. The summed E-state index contributed by atoms with van der Waals surface area (Å²) in [5, 5.41) is 5.09. The average molecular weight is 409 g/mol. The first-order valence-electron chi connectivity index (χ1n) is 7.89. The maximum Gasteiger partial charge on any atom is 0.266 e. The summed E-state index contributed by atoms with van der Waals surface area (Å²) in [6.45, 7) is 1.84. The molecule has 11 heteroatoms. The SMILES string of the molecule is O=S(=O)(NC1=NCN(CCc2cccs2)CN1)c1cccc2nsnc12. The van der Waals surface area contributed by atoms with Gasteiger partial charge in [0.25, 0.3) is 10.0 Å². The monoisotopic (exact) mass is 408 g/mol. The molecule has 0 radical (unpaired) electrons. The van der Waals surface area contributed by atoms with Crippen molar-refractivity contribution in [1.29, 1.82) is 0 Å². The molecule has 26 heavy (non-hydrogen) atoms. The molecule has 3 aromatic rings. The van der Waals surface area contributed by atoms with E-state index in [2.05, 4.69) is 40.1 Å². The minimum absolute atomic E-state index is 0.105. The fourth-order valence-electron chi connectivity index (χ4n) is 2.59. The number of hydrogen-bond donors (Lipinski definition) is 2. The molecule has 2 N–H and O–H groups in total. The van der Waals surface area contributed by atoms with E-state index in [4.69, 9.17) is 0 Å². The third-order valence-corrected chi connectivity index (χ3v) is 6.77. The Morgan fingerprint density at radius 1 is 1.23 bits per heavy atom. The summed E-state index contributed by atoms with van der Waals surface area (Å²) >= 11 is 2.72. The number of nitrogens with one attached hydrogen (secondary N) is 2. The van der Waals surface area contributed by atoms with Crippen molar-refractivity contribution in [2.45, 2.75) is 11.3 Å². The zero-order chi connectivity index (χ0) is 18.0. The molecule has 1 aliphatic heterocycles. The molecule has 0 saturated carbocycles. The lowest BCUT2D eigenvalue weighted by atomic mass is 10.3. The summed E-state index contributed by atoms with van der Waals surface area (Å²) < 4.78 is 36.0. The smallest absolute Gasteiger partial charge is 0.266 e. The van der Waals surface area contributed by atoms with Crippen molar-refractivity contribution in [3.63, 3.8) is 0 Å². The van der Waals surface area contributed by atoms with Gasteiger partial charge in [-0.25, -0.2) is 18.1 Å². The summed E-state index contributed by atoms with van der Waals surface area (Å²) in [7, 11) is -3.78. The first kappa shape index (κ1) is 17.3. The van der Waals surface area contributed by atoms with Crippen LogP contribution in [-0.2, 0) is 16.4 Å². The summed E-state index contributed by atoms with van der Waals surface area (Å²) in [4.78, 5) is 7.84. The molecule has 1 aromatic carbocycles. The number of guanidine groups is 1. The number of aliphatic imine (C=N–C) groups is 1. The molecule has 0 aliphatic carbocycles. The van der Waals surface area contributed by atoms with Gasteiger partial charge < -0.3 is 5.32 Å². The van der Waals surface area contributed by atoms with E-state index >= 15 is 0 Å². The predicted molar refractivity (Wildman–Crippen MR) is 103 cm³/mol. The molecular weight excluding hydrogens is 392 g/mol. The molecule has 3 heterocycles. The molecule has 0 bridgehead atoms. The van der Waals surface area contributed by atoms with Gasteiger partial charge in [0.2, 0.25) is 5.96 Å². The molecule has 1 aliphatic rings. The largest absolute Gasteiger partial charge is 0.343 e. The van der Waals surface area contributed by atoms with Crippen LogP contribution in [0.15, 0.2) is 45.6 Å². The van der Waals surface area contributed by atoms with Crippen molar-refractivity contribution < 1.29 is 8.42 Å². The Kier molecular flexibility index (Phi) is 4.85. The highest BCUT2D eigenvalue weighted by Gasteiger charge is 2.22. The number of hydrogen-bond acceptors (Lipinski definition) is 9. The third-order valence-electron chi connectivity index (χ3n) is 3.92. The number of thiophene rings is 1. The van der Waals surface area contributed by atoms with E-state index in [1.54, 1.807) is 23.5 Å².